The average molecular weight is 303 g/mol. The molecule has 2 aliphatic rings. The summed E-state index contributed by atoms with van der Waals surface area (Å²) in [6.07, 6.45) is 6.72. The van der Waals surface area contributed by atoms with Crippen molar-refractivity contribution in [3.05, 3.63) is 72.1 Å². The molecule has 0 amide bonds. The lowest BCUT2D eigenvalue weighted by Crippen LogP contribution is -2.14. The number of hydrogen-bond donors (Lipinski definition) is 2. The molecule has 3 aromatic rings. The number of fused-ring (bicyclic) bond motifs is 4. The molecule has 0 unspecified atom stereocenters. The maximum Gasteiger partial charge on any atom is 0.171 e. The van der Waals surface area contributed by atoms with E-state index >= 15 is 0 Å². The van der Waals surface area contributed by atoms with Gasteiger partial charge in [-0.25, -0.2) is 5.48 Å². The number of hydroxylamine groups is 1. The maximum atomic E-state index is 5.36. The Kier molecular flexibility index (Phi) is 3.56. The van der Waals surface area contributed by atoms with Gasteiger partial charge in [-0.05, 0) is 48.4 Å². The lowest BCUT2D eigenvalue weighted by atomic mass is 10.1. The minimum atomic E-state index is 0.845. The minimum absolute atomic E-state index is 0.845. The first-order chi connectivity index (χ1) is 11.4. The highest BCUT2D eigenvalue weighted by Crippen LogP contribution is 2.30. The summed E-state index contributed by atoms with van der Waals surface area (Å²) in [4.78, 5) is 9.62. The molecule has 2 aromatic carbocycles. The Morgan fingerprint density at radius 1 is 1.00 bits per heavy atom. The maximum absolute atomic E-state index is 5.36. The summed E-state index contributed by atoms with van der Waals surface area (Å²) in [5.41, 5.74) is 7.52. The number of hydrogen-bond acceptors (Lipinski definition) is 4. The van der Waals surface area contributed by atoms with Crippen molar-refractivity contribution in [1.29, 1.82) is 0 Å². The highest BCUT2D eigenvalue weighted by molar-refractivity contribution is 5.89. The van der Waals surface area contributed by atoms with Crippen molar-refractivity contribution in [3.63, 3.8) is 0 Å². The van der Waals surface area contributed by atoms with Gasteiger partial charge in [0.05, 0.1) is 5.52 Å². The molecule has 0 spiro atoms. The second-order valence-corrected chi connectivity index (χ2v) is 5.44. The van der Waals surface area contributed by atoms with Gasteiger partial charge in [0.2, 0.25) is 0 Å². The summed E-state index contributed by atoms with van der Waals surface area (Å²) >= 11 is 0. The van der Waals surface area contributed by atoms with Gasteiger partial charge in [-0.1, -0.05) is 18.2 Å². The quantitative estimate of drug-likeness (QED) is 0.664. The van der Waals surface area contributed by atoms with Gasteiger partial charge in [-0.3, -0.25) is 4.98 Å². The molecule has 0 radical (unpaired) electrons. The van der Waals surface area contributed by atoms with Crippen molar-refractivity contribution in [2.45, 2.75) is 6.42 Å². The van der Waals surface area contributed by atoms with E-state index in [0.717, 1.165) is 28.8 Å². The second-order valence-electron chi connectivity index (χ2n) is 5.44. The Balaban J connectivity index is 0.000000130. The molecule has 114 valence electrons. The van der Waals surface area contributed by atoms with E-state index in [-0.39, 0.29) is 0 Å². The molecule has 1 aromatic heterocycles. The number of rotatable bonds is 0. The van der Waals surface area contributed by atoms with Crippen LogP contribution in [0.15, 0.2) is 60.9 Å². The van der Waals surface area contributed by atoms with Gasteiger partial charge in [0.25, 0.3) is 0 Å². The molecule has 0 aliphatic carbocycles. The van der Waals surface area contributed by atoms with E-state index < -0.39 is 0 Å². The Morgan fingerprint density at radius 2 is 1.96 bits per heavy atom. The van der Waals surface area contributed by atoms with E-state index in [0.29, 0.717) is 0 Å². The van der Waals surface area contributed by atoms with Crippen LogP contribution in [0.3, 0.4) is 0 Å². The van der Waals surface area contributed by atoms with Crippen molar-refractivity contribution < 1.29 is 4.84 Å². The fourth-order valence-corrected chi connectivity index (χ4v) is 2.85. The third-order valence-electron chi connectivity index (χ3n) is 3.99. The fourth-order valence-electron chi connectivity index (χ4n) is 2.85. The molecule has 0 bridgehead atoms. The summed E-state index contributed by atoms with van der Waals surface area (Å²) in [5, 5.41) is 4.33. The molecule has 0 saturated heterocycles. The fraction of sp³-hybridized carbons (Fsp3) is 0.105. The smallest absolute Gasteiger partial charge is 0.171 e. The summed E-state index contributed by atoms with van der Waals surface area (Å²) in [5.74, 6) is 0.845. The molecule has 2 aliphatic heterocycles. The normalized spacial score (nSPS) is 13.7. The third-order valence-corrected chi connectivity index (χ3v) is 3.99. The monoisotopic (exact) mass is 303 g/mol. The predicted octanol–water partition coefficient (Wildman–Crippen LogP) is 3.76. The number of pyridine rings is 1. The lowest BCUT2D eigenvalue weighted by molar-refractivity contribution is 0.242. The van der Waals surface area contributed by atoms with Crippen LogP contribution in [-0.4, -0.2) is 11.5 Å². The molecule has 0 saturated carbocycles. The second kappa shape index (κ2) is 6.01. The van der Waals surface area contributed by atoms with Crippen LogP contribution in [0.5, 0.6) is 5.75 Å². The Bertz CT molecular complexity index is 850. The van der Waals surface area contributed by atoms with Crippen LogP contribution in [0, 0.1) is 0 Å². The molecule has 0 fully saturated rings. The molecule has 3 heterocycles. The van der Waals surface area contributed by atoms with Crippen molar-refractivity contribution >= 4 is 22.7 Å². The van der Waals surface area contributed by atoms with Crippen LogP contribution in [0.1, 0.15) is 11.1 Å². The first kappa shape index (κ1) is 13.6. The standard InChI is InChI=1S/C11H8N2O.C8H9N/c1-2-9-10(12-6-1)4-3-8-5-7-13-14-11(8)9;1-2-4-8-7(3-1)5-6-9-8/h1-7,13H;1-4,9H,5-6H2. The Labute approximate surface area is 134 Å². The molecule has 2 N–H and O–H groups in total. The van der Waals surface area contributed by atoms with Crippen LogP contribution in [0.2, 0.25) is 0 Å². The summed E-state index contributed by atoms with van der Waals surface area (Å²) in [6.45, 7) is 1.11. The number of para-hydroxylation sites is 1. The van der Waals surface area contributed by atoms with Gasteiger partial charge in [0, 0.05) is 35.6 Å². The van der Waals surface area contributed by atoms with E-state index in [1.807, 2.05) is 30.3 Å². The summed E-state index contributed by atoms with van der Waals surface area (Å²) in [7, 11) is 0. The Morgan fingerprint density at radius 3 is 2.91 bits per heavy atom. The van der Waals surface area contributed by atoms with Crippen molar-refractivity contribution in [2.75, 3.05) is 11.9 Å². The van der Waals surface area contributed by atoms with Gasteiger partial charge < -0.3 is 10.2 Å². The number of benzene rings is 2. The number of nitrogens with one attached hydrogen (secondary N) is 2. The van der Waals surface area contributed by atoms with E-state index in [9.17, 15) is 0 Å². The van der Waals surface area contributed by atoms with Crippen molar-refractivity contribution in [3.8, 4) is 5.75 Å². The Hall–Kier alpha value is -3.01. The van der Waals surface area contributed by atoms with Crippen LogP contribution in [0.4, 0.5) is 5.69 Å². The van der Waals surface area contributed by atoms with Crippen molar-refractivity contribution in [2.24, 2.45) is 0 Å². The lowest BCUT2D eigenvalue weighted by Gasteiger charge is -2.14. The van der Waals surface area contributed by atoms with Gasteiger partial charge in [0.1, 0.15) is 0 Å². The van der Waals surface area contributed by atoms with Crippen LogP contribution in [-0.2, 0) is 6.42 Å². The summed E-state index contributed by atoms with van der Waals surface area (Å²) < 4.78 is 0. The summed E-state index contributed by atoms with van der Waals surface area (Å²) in [6, 6.07) is 16.4. The largest absolute Gasteiger partial charge is 0.384 e. The van der Waals surface area contributed by atoms with Crippen molar-refractivity contribution in [1.82, 2.24) is 10.5 Å². The zero-order chi connectivity index (χ0) is 15.5. The minimum Gasteiger partial charge on any atom is -0.384 e. The highest BCUT2D eigenvalue weighted by Gasteiger charge is 2.10. The molecule has 5 rings (SSSR count). The number of anilines is 1. The van der Waals surface area contributed by atoms with E-state index in [4.69, 9.17) is 4.84 Å². The zero-order valence-corrected chi connectivity index (χ0v) is 12.6. The molecular weight excluding hydrogens is 286 g/mol. The SMILES string of the molecule is C1=Cc2ccc3ncccc3c2ON1.c1ccc2c(c1)CCN2. The first-order valence-corrected chi connectivity index (χ1v) is 7.70. The highest BCUT2D eigenvalue weighted by atomic mass is 16.6. The van der Waals surface area contributed by atoms with Crippen LogP contribution in [0.25, 0.3) is 17.0 Å². The number of nitrogens with zero attached hydrogens (tertiary/aromatic N) is 1. The number of aromatic nitrogens is 1. The van der Waals surface area contributed by atoms with E-state index in [1.165, 1.54) is 17.7 Å². The predicted molar refractivity (Wildman–Crippen MR) is 93.2 cm³/mol. The molecule has 0 atom stereocenters. The van der Waals surface area contributed by atoms with Crippen LogP contribution < -0.4 is 15.6 Å². The third kappa shape index (κ3) is 2.71. The van der Waals surface area contributed by atoms with Gasteiger partial charge in [-0.2, -0.15) is 0 Å². The van der Waals surface area contributed by atoms with E-state index in [2.05, 4.69) is 40.0 Å². The first-order valence-electron chi connectivity index (χ1n) is 7.70. The molecular formula is C19H17N3O. The van der Waals surface area contributed by atoms with Crippen LogP contribution >= 0.6 is 0 Å². The van der Waals surface area contributed by atoms with Gasteiger partial charge >= 0.3 is 0 Å². The molecule has 23 heavy (non-hydrogen) atoms. The van der Waals surface area contributed by atoms with E-state index in [1.54, 1.807) is 12.4 Å². The van der Waals surface area contributed by atoms with Gasteiger partial charge in [0.15, 0.2) is 5.75 Å². The average Bonchev–Trinajstić information content (AvgIpc) is 3.11. The molecule has 4 heteroatoms. The van der Waals surface area contributed by atoms with Gasteiger partial charge in [-0.15, -0.1) is 0 Å². The topological polar surface area (TPSA) is 46.2 Å². The molecule has 4 nitrogen and oxygen atoms in total. The zero-order valence-electron chi connectivity index (χ0n) is 12.6.